The van der Waals surface area contributed by atoms with Gasteiger partial charge < -0.3 is 20.3 Å². The van der Waals surface area contributed by atoms with Crippen LogP contribution >= 0.6 is 11.8 Å². The molecule has 3 amide bonds. The van der Waals surface area contributed by atoms with Gasteiger partial charge in [0, 0.05) is 12.1 Å². The minimum absolute atomic E-state index is 0.219. The van der Waals surface area contributed by atoms with Gasteiger partial charge in [-0.3, -0.25) is 19.3 Å². The van der Waals surface area contributed by atoms with E-state index in [4.69, 9.17) is 4.74 Å². The minimum Gasteiger partial charge on any atom is -0.504 e. The number of benzene rings is 2. The molecule has 2 aromatic rings. The summed E-state index contributed by atoms with van der Waals surface area (Å²) in [7, 11) is 1.52. The first-order valence-corrected chi connectivity index (χ1v) is 9.86. The number of ether oxygens (including phenoxy) is 1. The predicted molar refractivity (Wildman–Crippen MR) is 112 cm³/mol. The first-order valence-electron chi connectivity index (χ1n) is 9.05. The van der Waals surface area contributed by atoms with Gasteiger partial charge in [-0.2, -0.15) is 0 Å². The van der Waals surface area contributed by atoms with E-state index in [1.165, 1.54) is 19.2 Å². The van der Waals surface area contributed by atoms with E-state index in [9.17, 15) is 24.6 Å². The lowest BCUT2D eigenvalue weighted by Gasteiger charge is -2.12. The molecule has 0 aliphatic carbocycles. The fraction of sp³-hybridized carbons (Fsp3) is 0.190. The molecule has 1 aliphatic rings. The number of nitrogens with one attached hydrogen (secondary N) is 1. The normalized spacial score (nSPS) is 15.0. The summed E-state index contributed by atoms with van der Waals surface area (Å²) in [5, 5.41) is 20.9. The number of para-hydroxylation sites is 1. The molecule has 1 saturated heterocycles. The number of methoxy groups -OCH3 is 1. The number of aromatic hydroxyl groups is 2. The van der Waals surface area contributed by atoms with Gasteiger partial charge in [-0.05, 0) is 48.0 Å². The zero-order chi connectivity index (χ0) is 21.7. The smallest absolute Gasteiger partial charge is 0.294 e. The van der Waals surface area contributed by atoms with E-state index in [1.54, 1.807) is 36.4 Å². The van der Waals surface area contributed by atoms with Crippen LogP contribution in [0.2, 0.25) is 0 Å². The Labute approximate surface area is 177 Å². The highest BCUT2D eigenvalue weighted by Crippen LogP contribution is 2.33. The summed E-state index contributed by atoms with van der Waals surface area (Å²) >= 11 is 0.773. The van der Waals surface area contributed by atoms with Crippen LogP contribution in [0.3, 0.4) is 0 Å². The molecule has 3 rings (SSSR count). The van der Waals surface area contributed by atoms with Crippen LogP contribution in [0.4, 0.5) is 4.79 Å². The maximum absolute atomic E-state index is 12.6. The third kappa shape index (κ3) is 4.93. The van der Waals surface area contributed by atoms with Crippen LogP contribution in [0.15, 0.2) is 47.4 Å². The van der Waals surface area contributed by atoms with E-state index in [0.717, 1.165) is 22.2 Å². The molecule has 0 spiro atoms. The summed E-state index contributed by atoms with van der Waals surface area (Å²) < 4.78 is 5.25. The van der Waals surface area contributed by atoms with E-state index < -0.39 is 17.1 Å². The number of phenolic OH excluding ortho intramolecular Hbond substituents is 2. The fourth-order valence-electron chi connectivity index (χ4n) is 2.83. The van der Waals surface area contributed by atoms with E-state index >= 15 is 0 Å². The van der Waals surface area contributed by atoms with Gasteiger partial charge in [-0.25, -0.2) is 0 Å². The molecule has 0 aromatic heterocycles. The molecule has 0 saturated carbocycles. The highest BCUT2D eigenvalue weighted by atomic mass is 32.2. The van der Waals surface area contributed by atoms with Crippen molar-refractivity contribution in [3.05, 3.63) is 58.5 Å². The van der Waals surface area contributed by atoms with Crippen molar-refractivity contribution in [3.8, 4) is 17.2 Å². The zero-order valence-corrected chi connectivity index (χ0v) is 16.9. The minimum atomic E-state index is -0.533. The Morgan fingerprint density at radius 1 is 1.17 bits per heavy atom. The van der Waals surface area contributed by atoms with Crippen molar-refractivity contribution in [2.24, 2.45) is 0 Å². The van der Waals surface area contributed by atoms with E-state index in [2.05, 4.69) is 5.32 Å². The van der Waals surface area contributed by atoms with Crippen molar-refractivity contribution < 1.29 is 29.3 Å². The predicted octanol–water partition coefficient (Wildman–Crippen LogP) is 2.50. The average molecular weight is 428 g/mol. The first kappa shape index (κ1) is 21.3. The zero-order valence-electron chi connectivity index (χ0n) is 16.1. The number of nitrogens with zero attached hydrogens (tertiary/aromatic N) is 1. The Morgan fingerprint density at radius 2 is 1.93 bits per heavy atom. The van der Waals surface area contributed by atoms with Gasteiger partial charge in [0.25, 0.3) is 11.1 Å². The molecule has 3 N–H and O–H groups in total. The topological polar surface area (TPSA) is 116 Å². The molecule has 1 aliphatic heterocycles. The molecular formula is C21H20N2O6S. The number of carbonyl (C=O) groups excluding carboxylic acids is 3. The van der Waals surface area contributed by atoms with Gasteiger partial charge in [0.05, 0.1) is 12.0 Å². The SMILES string of the molecule is COc1ccccc1/C=C1\SC(=O)N(CC(=O)NCCc2ccc(O)c(O)c2)C1=O. The van der Waals surface area contributed by atoms with E-state index in [0.29, 0.717) is 17.7 Å². The lowest BCUT2D eigenvalue weighted by atomic mass is 10.1. The summed E-state index contributed by atoms with van der Waals surface area (Å²) in [6, 6.07) is 11.5. The van der Waals surface area contributed by atoms with Crippen molar-refractivity contribution >= 4 is 34.9 Å². The Hall–Kier alpha value is -3.46. The summed E-state index contributed by atoms with van der Waals surface area (Å²) in [5.74, 6) is -0.891. The molecule has 8 nitrogen and oxygen atoms in total. The van der Waals surface area contributed by atoms with Crippen molar-refractivity contribution in [1.29, 1.82) is 0 Å². The third-order valence-electron chi connectivity index (χ3n) is 4.38. The quantitative estimate of drug-likeness (QED) is 0.458. The van der Waals surface area contributed by atoms with E-state index in [-0.39, 0.29) is 29.5 Å². The molecule has 1 fully saturated rings. The molecule has 9 heteroatoms. The number of rotatable bonds is 7. The summed E-state index contributed by atoms with van der Waals surface area (Å²) in [6.45, 7) is -0.134. The highest BCUT2D eigenvalue weighted by molar-refractivity contribution is 8.18. The molecule has 0 bridgehead atoms. The highest BCUT2D eigenvalue weighted by Gasteiger charge is 2.36. The number of hydrogen-bond donors (Lipinski definition) is 3. The second-order valence-corrected chi connectivity index (χ2v) is 7.43. The Morgan fingerprint density at radius 3 is 2.67 bits per heavy atom. The number of carbonyl (C=O) groups is 3. The van der Waals surface area contributed by atoms with Crippen LogP contribution in [0, 0.1) is 0 Å². The molecule has 0 unspecified atom stereocenters. The van der Waals surface area contributed by atoms with Crippen LogP contribution in [-0.2, 0) is 16.0 Å². The molecule has 1 heterocycles. The lowest BCUT2D eigenvalue weighted by molar-refractivity contribution is -0.129. The number of hydrogen-bond acceptors (Lipinski definition) is 7. The van der Waals surface area contributed by atoms with Gasteiger partial charge in [0.15, 0.2) is 11.5 Å². The third-order valence-corrected chi connectivity index (χ3v) is 5.28. The molecule has 156 valence electrons. The van der Waals surface area contributed by atoms with Crippen LogP contribution in [0.25, 0.3) is 6.08 Å². The number of imide groups is 1. The Kier molecular flexibility index (Phi) is 6.63. The number of thioether (sulfide) groups is 1. The average Bonchev–Trinajstić information content (AvgIpc) is 2.98. The van der Waals surface area contributed by atoms with Gasteiger partial charge in [-0.1, -0.05) is 24.3 Å². The van der Waals surface area contributed by atoms with E-state index in [1.807, 2.05) is 0 Å². The second kappa shape index (κ2) is 9.36. The van der Waals surface area contributed by atoms with Crippen LogP contribution in [-0.4, -0.2) is 52.4 Å². The first-order chi connectivity index (χ1) is 14.4. The van der Waals surface area contributed by atoms with Gasteiger partial charge >= 0.3 is 0 Å². The Balaban J connectivity index is 1.57. The lowest BCUT2D eigenvalue weighted by Crippen LogP contribution is -2.40. The second-order valence-electron chi connectivity index (χ2n) is 6.43. The maximum atomic E-state index is 12.6. The van der Waals surface area contributed by atoms with Crippen molar-refractivity contribution in [1.82, 2.24) is 10.2 Å². The van der Waals surface area contributed by atoms with Crippen LogP contribution in [0.5, 0.6) is 17.2 Å². The summed E-state index contributed by atoms with van der Waals surface area (Å²) in [4.78, 5) is 38.1. The molecule has 2 aromatic carbocycles. The molecule has 30 heavy (non-hydrogen) atoms. The monoisotopic (exact) mass is 428 g/mol. The summed E-state index contributed by atoms with van der Waals surface area (Å²) in [6.07, 6.45) is 1.98. The summed E-state index contributed by atoms with van der Waals surface area (Å²) in [5.41, 5.74) is 1.38. The molecule has 0 radical (unpaired) electrons. The number of amides is 3. The van der Waals surface area contributed by atoms with Gasteiger partial charge in [0.1, 0.15) is 12.3 Å². The van der Waals surface area contributed by atoms with Crippen molar-refractivity contribution in [2.75, 3.05) is 20.2 Å². The maximum Gasteiger partial charge on any atom is 0.294 e. The van der Waals surface area contributed by atoms with Crippen LogP contribution in [0.1, 0.15) is 11.1 Å². The fourth-order valence-corrected chi connectivity index (χ4v) is 3.66. The largest absolute Gasteiger partial charge is 0.504 e. The van der Waals surface area contributed by atoms with Gasteiger partial charge in [-0.15, -0.1) is 0 Å². The Bertz CT molecular complexity index is 1020. The molecule has 0 atom stereocenters. The van der Waals surface area contributed by atoms with Gasteiger partial charge in [0.2, 0.25) is 5.91 Å². The molecular weight excluding hydrogens is 408 g/mol. The van der Waals surface area contributed by atoms with Crippen molar-refractivity contribution in [3.63, 3.8) is 0 Å². The van der Waals surface area contributed by atoms with Crippen LogP contribution < -0.4 is 10.1 Å². The number of phenols is 2. The van der Waals surface area contributed by atoms with Crippen molar-refractivity contribution in [2.45, 2.75) is 6.42 Å². The standard InChI is InChI=1S/C21H20N2O6S/c1-29-17-5-3-2-4-14(17)11-18-20(27)23(21(28)30-18)12-19(26)22-9-8-13-6-7-15(24)16(25)10-13/h2-7,10-11,24-25H,8-9,12H2,1H3,(H,22,26)/b18-11-.